The Hall–Kier alpha value is -1.22. The Bertz CT molecular complexity index is 413. The predicted octanol–water partition coefficient (Wildman–Crippen LogP) is 3.07. The second-order valence-electron chi connectivity index (χ2n) is 5.02. The highest BCUT2D eigenvalue weighted by Gasteiger charge is 2.29. The Kier molecular flexibility index (Phi) is 4.12. The second kappa shape index (κ2) is 5.61. The summed E-state index contributed by atoms with van der Waals surface area (Å²) in [4.78, 5) is 0. The number of hydrogen-bond donors (Lipinski definition) is 1. The van der Waals surface area contributed by atoms with Gasteiger partial charge in [-0.05, 0) is 56.0 Å². The fourth-order valence-corrected chi connectivity index (χ4v) is 2.75. The first kappa shape index (κ1) is 13.2. The third-order valence-electron chi connectivity index (χ3n) is 4.04. The van der Waals surface area contributed by atoms with Gasteiger partial charge in [0.25, 0.3) is 0 Å². The van der Waals surface area contributed by atoms with Crippen LogP contribution in [0.25, 0.3) is 0 Å². The molecule has 18 heavy (non-hydrogen) atoms. The summed E-state index contributed by atoms with van der Waals surface area (Å²) in [5.41, 5.74) is 2.60. The number of hydrogen-bond acceptors (Lipinski definition) is 3. The molecule has 1 N–H and O–H groups in total. The Labute approximate surface area is 109 Å². The quantitative estimate of drug-likeness (QED) is 0.870. The molecule has 1 aromatic carbocycles. The number of aryl methyl sites for hydroxylation is 1. The van der Waals surface area contributed by atoms with E-state index in [1.54, 1.807) is 14.2 Å². The molecule has 100 valence electrons. The van der Waals surface area contributed by atoms with Gasteiger partial charge in [0.2, 0.25) is 0 Å². The van der Waals surface area contributed by atoms with E-state index in [2.05, 4.69) is 24.4 Å². The summed E-state index contributed by atoms with van der Waals surface area (Å²) in [6.45, 7) is 2.14. The van der Waals surface area contributed by atoms with Gasteiger partial charge in [0.15, 0.2) is 11.5 Å². The van der Waals surface area contributed by atoms with Crippen LogP contribution in [-0.4, -0.2) is 21.3 Å². The van der Waals surface area contributed by atoms with Crippen molar-refractivity contribution in [1.29, 1.82) is 0 Å². The topological polar surface area (TPSA) is 30.5 Å². The number of benzene rings is 1. The highest BCUT2D eigenvalue weighted by molar-refractivity contribution is 5.48. The van der Waals surface area contributed by atoms with Gasteiger partial charge in [-0.15, -0.1) is 0 Å². The van der Waals surface area contributed by atoms with Crippen molar-refractivity contribution in [3.8, 4) is 11.5 Å². The Morgan fingerprint density at radius 3 is 2.22 bits per heavy atom. The summed E-state index contributed by atoms with van der Waals surface area (Å²) in [7, 11) is 5.41. The molecule has 0 saturated heterocycles. The lowest BCUT2D eigenvalue weighted by Crippen LogP contribution is -2.30. The van der Waals surface area contributed by atoms with Crippen molar-refractivity contribution in [2.45, 2.75) is 32.2 Å². The standard InChI is InChI=1S/C15H23NO2/c1-10-8-13(17-3)14(18-4)9-12(10)15(16-2)11-6-5-7-11/h8-9,11,15-16H,5-7H2,1-4H3. The lowest BCUT2D eigenvalue weighted by molar-refractivity contribution is 0.238. The lowest BCUT2D eigenvalue weighted by atomic mass is 9.76. The predicted molar refractivity (Wildman–Crippen MR) is 73.4 cm³/mol. The van der Waals surface area contributed by atoms with Crippen LogP contribution in [0.4, 0.5) is 0 Å². The van der Waals surface area contributed by atoms with E-state index in [9.17, 15) is 0 Å². The fraction of sp³-hybridized carbons (Fsp3) is 0.600. The van der Waals surface area contributed by atoms with E-state index < -0.39 is 0 Å². The normalized spacial score (nSPS) is 17.1. The molecule has 1 fully saturated rings. The maximum atomic E-state index is 5.41. The number of ether oxygens (including phenoxy) is 2. The molecule has 0 heterocycles. The maximum absolute atomic E-state index is 5.41. The minimum absolute atomic E-state index is 0.429. The van der Waals surface area contributed by atoms with Crippen LogP contribution in [0.1, 0.15) is 36.4 Å². The van der Waals surface area contributed by atoms with Crippen LogP contribution in [-0.2, 0) is 0 Å². The first-order valence-electron chi connectivity index (χ1n) is 6.61. The molecular weight excluding hydrogens is 226 g/mol. The molecule has 3 nitrogen and oxygen atoms in total. The zero-order chi connectivity index (χ0) is 13.1. The first-order chi connectivity index (χ1) is 8.71. The van der Waals surface area contributed by atoms with E-state index in [0.717, 1.165) is 17.4 Å². The monoisotopic (exact) mass is 249 g/mol. The van der Waals surface area contributed by atoms with Gasteiger partial charge >= 0.3 is 0 Å². The zero-order valence-corrected chi connectivity index (χ0v) is 11.7. The summed E-state index contributed by atoms with van der Waals surface area (Å²) in [6, 6.07) is 4.61. The Balaban J connectivity index is 2.36. The zero-order valence-electron chi connectivity index (χ0n) is 11.7. The van der Waals surface area contributed by atoms with E-state index in [1.165, 1.54) is 30.4 Å². The molecule has 0 aliphatic heterocycles. The molecule has 3 heteroatoms. The molecule has 2 rings (SSSR count). The molecule has 0 spiro atoms. The van der Waals surface area contributed by atoms with Gasteiger partial charge in [-0.3, -0.25) is 0 Å². The molecular formula is C15H23NO2. The van der Waals surface area contributed by atoms with Gasteiger partial charge < -0.3 is 14.8 Å². The number of methoxy groups -OCH3 is 2. The molecule has 1 aliphatic rings. The molecule has 0 radical (unpaired) electrons. The van der Waals surface area contributed by atoms with Crippen molar-refractivity contribution in [1.82, 2.24) is 5.32 Å². The summed E-state index contributed by atoms with van der Waals surface area (Å²) in [5.74, 6) is 2.38. The minimum atomic E-state index is 0.429. The van der Waals surface area contributed by atoms with E-state index in [4.69, 9.17) is 9.47 Å². The maximum Gasteiger partial charge on any atom is 0.161 e. The summed E-state index contributed by atoms with van der Waals surface area (Å²) in [6.07, 6.45) is 3.99. The van der Waals surface area contributed by atoms with Crippen molar-refractivity contribution in [3.05, 3.63) is 23.3 Å². The third-order valence-corrected chi connectivity index (χ3v) is 4.04. The van der Waals surface area contributed by atoms with Crippen LogP contribution in [0, 0.1) is 12.8 Å². The minimum Gasteiger partial charge on any atom is -0.493 e. The summed E-state index contributed by atoms with van der Waals surface area (Å²) < 4.78 is 10.7. The van der Waals surface area contributed by atoms with Crippen LogP contribution in [0.3, 0.4) is 0 Å². The SMILES string of the molecule is CNC(c1cc(OC)c(OC)cc1C)C1CCC1. The van der Waals surface area contributed by atoms with Gasteiger partial charge in [0, 0.05) is 6.04 Å². The average Bonchev–Trinajstić information content (AvgIpc) is 2.33. The van der Waals surface area contributed by atoms with Gasteiger partial charge in [0.05, 0.1) is 14.2 Å². The van der Waals surface area contributed by atoms with E-state index in [-0.39, 0.29) is 0 Å². The van der Waals surface area contributed by atoms with E-state index in [0.29, 0.717) is 6.04 Å². The first-order valence-corrected chi connectivity index (χ1v) is 6.61. The molecule has 0 aromatic heterocycles. The summed E-state index contributed by atoms with van der Waals surface area (Å²) >= 11 is 0. The van der Waals surface area contributed by atoms with Gasteiger partial charge in [-0.25, -0.2) is 0 Å². The van der Waals surface area contributed by atoms with Gasteiger partial charge in [-0.1, -0.05) is 6.42 Å². The fourth-order valence-electron chi connectivity index (χ4n) is 2.75. The second-order valence-corrected chi connectivity index (χ2v) is 5.02. The Morgan fingerprint density at radius 1 is 1.17 bits per heavy atom. The van der Waals surface area contributed by atoms with E-state index >= 15 is 0 Å². The number of nitrogens with one attached hydrogen (secondary N) is 1. The van der Waals surface area contributed by atoms with Crippen LogP contribution in [0.5, 0.6) is 11.5 Å². The van der Waals surface area contributed by atoms with E-state index in [1.807, 2.05) is 7.05 Å². The average molecular weight is 249 g/mol. The third kappa shape index (κ3) is 2.32. The largest absolute Gasteiger partial charge is 0.493 e. The van der Waals surface area contributed by atoms with Crippen molar-refractivity contribution in [2.75, 3.05) is 21.3 Å². The van der Waals surface area contributed by atoms with Crippen LogP contribution < -0.4 is 14.8 Å². The molecule has 1 saturated carbocycles. The van der Waals surface area contributed by atoms with Crippen LogP contribution >= 0.6 is 0 Å². The van der Waals surface area contributed by atoms with Crippen LogP contribution in [0.15, 0.2) is 12.1 Å². The lowest BCUT2D eigenvalue weighted by Gasteiger charge is -2.35. The molecule has 0 bridgehead atoms. The molecule has 1 unspecified atom stereocenters. The Morgan fingerprint density at radius 2 is 1.78 bits per heavy atom. The smallest absolute Gasteiger partial charge is 0.161 e. The van der Waals surface area contributed by atoms with Crippen LogP contribution in [0.2, 0.25) is 0 Å². The van der Waals surface area contributed by atoms with Crippen molar-refractivity contribution >= 4 is 0 Å². The molecule has 1 aromatic rings. The van der Waals surface area contributed by atoms with Gasteiger partial charge in [-0.2, -0.15) is 0 Å². The van der Waals surface area contributed by atoms with Crippen molar-refractivity contribution in [2.24, 2.45) is 5.92 Å². The number of rotatable bonds is 5. The highest BCUT2D eigenvalue weighted by atomic mass is 16.5. The van der Waals surface area contributed by atoms with Gasteiger partial charge in [0.1, 0.15) is 0 Å². The molecule has 0 amide bonds. The molecule has 1 atom stereocenters. The van der Waals surface area contributed by atoms with Crippen molar-refractivity contribution < 1.29 is 9.47 Å². The molecule has 1 aliphatic carbocycles. The highest BCUT2D eigenvalue weighted by Crippen LogP contribution is 2.41. The van der Waals surface area contributed by atoms with Crippen molar-refractivity contribution in [3.63, 3.8) is 0 Å². The summed E-state index contributed by atoms with van der Waals surface area (Å²) in [5, 5.41) is 3.45.